The zero-order chi connectivity index (χ0) is 22.5. The predicted octanol–water partition coefficient (Wildman–Crippen LogP) is 2.86. The second-order valence-corrected chi connectivity index (χ2v) is 8.08. The number of hydrogen-bond acceptors (Lipinski definition) is 7. The molecule has 0 saturated heterocycles. The highest BCUT2D eigenvalue weighted by molar-refractivity contribution is 7.85. The van der Waals surface area contributed by atoms with Gasteiger partial charge in [-0.15, -0.1) is 0 Å². The van der Waals surface area contributed by atoms with Crippen LogP contribution < -0.4 is 4.74 Å². The molecule has 0 amide bonds. The van der Waals surface area contributed by atoms with E-state index in [1.54, 1.807) is 20.8 Å². The first kappa shape index (κ1) is 24.7. The number of ether oxygens (including phenoxy) is 3. The number of carbonyl (C=O) groups is 2. The van der Waals surface area contributed by atoms with Crippen molar-refractivity contribution < 1.29 is 49.9 Å². The Bertz CT molecular complexity index is 847. The molecule has 1 aromatic carbocycles. The SMILES string of the molecule is CCC(C)(C)Oc1cc(C(=O)OCC(=O)OCCS(=O)(=O)O)ccc1C(F)(F)F. The summed E-state index contributed by atoms with van der Waals surface area (Å²) < 4.78 is 83.6. The average Bonchev–Trinajstić information content (AvgIpc) is 2.57. The minimum atomic E-state index is -4.71. The van der Waals surface area contributed by atoms with Gasteiger partial charge < -0.3 is 14.2 Å². The maximum Gasteiger partial charge on any atom is 0.419 e. The van der Waals surface area contributed by atoms with Crippen molar-refractivity contribution in [2.75, 3.05) is 19.0 Å². The van der Waals surface area contributed by atoms with Crippen LogP contribution in [0.15, 0.2) is 18.2 Å². The minimum Gasteiger partial charge on any atom is -0.487 e. The molecule has 0 bridgehead atoms. The van der Waals surface area contributed by atoms with E-state index < -0.39 is 64.1 Å². The van der Waals surface area contributed by atoms with Gasteiger partial charge in [0.2, 0.25) is 0 Å². The fourth-order valence-corrected chi connectivity index (χ4v) is 2.14. The Balaban J connectivity index is 2.87. The molecule has 0 heterocycles. The third kappa shape index (κ3) is 8.69. The highest BCUT2D eigenvalue weighted by Gasteiger charge is 2.36. The first-order valence-electron chi connectivity index (χ1n) is 8.33. The molecule has 164 valence electrons. The van der Waals surface area contributed by atoms with Crippen LogP contribution in [-0.2, 0) is 30.6 Å². The molecule has 0 radical (unpaired) electrons. The first-order valence-corrected chi connectivity index (χ1v) is 9.94. The minimum absolute atomic E-state index is 0.286. The van der Waals surface area contributed by atoms with Gasteiger partial charge in [0.15, 0.2) is 6.61 Å². The van der Waals surface area contributed by atoms with Crippen LogP contribution in [-0.4, -0.2) is 49.5 Å². The van der Waals surface area contributed by atoms with Crippen LogP contribution in [0.1, 0.15) is 43.1 Å². The average molecular weight is 442 g/mol. The van der Waals surface area contributed by atoms with Crippen LogP contribution in [0.5, 0.6) is 5.75 Å². The van der Waals surface area contributed by atoms with Gasteiger partial charge in [-0.05, 0) is 38.5 Å². The quantitative estimate of drug-likeness (QED) is 0.458. The van der Waals surface area contributed by atoms with Gasteiger partial charge in [-0.1, -0.05) is 6.92 Å². The van der Waals surface area contributed by atoms with Gasteiger partial charge in [-0.3, -0.25) is 4.55 Å². The van der Waals surface area contributed by atoms with Crippen LogP contribution >= 0.6 is 0 Å². The third-order valence-electron chi connectivity index (χ3n) is 3.69. The van der Waals surface area contributed by atoms with E-state index in [0.717, 1.165) is 12.1 Å². The van der Waals surface area contributed by atoms with Crippen molar-refractivity contribution >= 4 is 22.1 Å². The van der Waals surface area contributed by atoms with E-state index in [1.807, 2.05) is 0 Å². The highest BCUT2D eigenvalue weighted by atomic mass is 32.2. The number of alkyl halides is 3. The van der Waals surface area contributed by atoms with Crippen molar-refractivity contribution in [1.82, 2.24) is 0 Å². The Morgan fingerprint density at radius 1 is 1.14 bits per heavy atom. The van der Waals surface area contributed by atoms with E-state index in [9.17, 15) is 31.2 Å². The van der Waals surface area contributed by atoms with E-state index in [4.69, 9.17) is 9.29 Å². The molecule has 12 heteroatoms. The fraction of sp³-hybridized carbons (Fsp3) is 0.529. The Hall–Kier alpha value is -2.34. The number of esters is 2. The van der Waals surface area contributed by atoms with E-state index in [2.05, 4.69) is 9.47 Å². The Morgan fingerprint density at radius 2 is 1.76 bits per heavy atom. The van der Waals surface area contributed by atoms with E-state index in [-0.39, 0.29) is 5.56 Å². The lowest BCUT2D eigenvalue weighted by Crippen LogP contribution is -2.28. The summed E-state index contributed by atoms with van der Waals surface area (Å²) in [5, 5.41) is 0. The molecule has 0 aliphatic carbocycles. The summed E-state index contributed by atoms with van der Waals surface area (Å²) in [6.07, 6.45) is -4.31. The zero-order valence-corrected chi connectivity index (χ0v) is 16.7. The van der Waals surface area contributed by atoms with Gasteiger partial charge in [-0.2, -0.15) is 21.6 Å². The highest BCUT2D eigenvalue weighted by Crippen LogP contribution is 2.38. The summed E-state index contributed by atoms with van der Waals surface area (Å²) in [4.78, 5) is 23.4. The third-order valence-corrected chi connectivity index (χ3v) is 4.37. The molecule has 8 nitrogen and oxygen atoms in total. The lowest BCUT2D eigenvalue weighted by atomic mass is 10.1. The largest absolute Gasteiger partial charge is 0.487 e. The summed E-state index contributed by atoms with van der Waals surface area (Å²) in [6.45, 7) is 3.34. The van der Waals surface area contributed by atoms with Gasteiger partial charge in [0.25, 0.3) is 10.1 Å². The second-order valence-electron chi connectivity index (χ2n) is 6.51. The summed E-state index contributed by atoms with van der Waals surface area (Å²) in [5.41, 5.74) is -2.29. The lowest BCUT2D eigenvalue weighted by molar-refractivity contribution is -0.146. The monoisotopic (exact) mass is 442 g/mol. The number of benzene rings is 1. The molecule has 0 unspecified atom stereocenters. The smallest absolute Gasteiger partial charge is 0.419 e. The zero-order valence-electron chi connectivity index (χ0n) is 15.9. The normalized spacial score (nSPS) is 12.4. The molecule has 1 rings (SSSR count). The summed E-state index contributed by atoms with van der Waals surface area (Å²) in [7, 11) is -4.32. The molecule has 1 aromatic rings. The van der Waals surface area contributed by atoms with Crippen LogP contribution in [0.25, 0.3) is 0 Å². The molecule has 0 aliphatic rings. The molecule has 0 spiro atoms. The molecular weight excluding hydrogens is 421 g/mol. The molecule has 0 atom stereocenters. The van der Waals surface area contributed by atoms with Gasteiger partial charge in [0.1, 0.15) is 23.7 Å². The molecule has 0 fully saturated rings. The van der Waals surface area contributed by atoms with Crippen molar-refractivity contribution in [1.29, 1.82) is 0 Å². The fourth-order valence-electron chi connectivity index (χ4n) is 1.85. The molecular formula is C17H21F3O8S. The van der Waals surface area contributed by atoms with E-state index in [0.29, 0.717) is 12.5 Å². The first-order chi connectivity index (χ1) is 13.1. The summed E-state index contributed by atoms with van der Waals surface area (Å²) >= 11 is 0. The van der Waals surface area contributed by atoms with Gasteiger partial charge in [0.05, 0.1) is 11.1 Å². The number of hydrogen-bond donors (Lipinski definition) is 1. The van der Waals surface area contributed by atoms with Gasteiger partial charge >= 0.3 is 18.1 Å². The maximum absolute atomic E-state index is 13.2. The van der Waals surface area contributed by atoms with Crippen molar-refractivity contribution in [2.24, 2.45) is 0 Å². The number of halogens is 3. The Morgan fingerprint density at radius 3 is 2.28 bits per heavy atom. The van der Waals surface area contributed by atoms with Crippen molar-refractivity contribution in [3.8, 4) is 5.75 Å². The van der Waals surface area contributed by atoms with Crippen molar-refractivity contribution in [3.05, 3.63) is 29.3 Å². The van der Waals surface area contributed by atoms with Crippen LogP contribution in [0.3, 0.4) is 0 Å². The second kappa shape index (κ2) is 9.44. The van der Waals surface area contributed by atoms with E-state index in [1.165, 1.54) is 0 Å². The molecule has 0 aromatic heterocycles. The van der Waals surface area contributed by atoms with Gasteiger partial charge in [0, 0.05) is 0 Å². The van der Waals surface area contributed by atoms with Crippen LogP contribution in [0.4, 0.5) is 13.2 Å². The van der Waals surface area contributed by atoms with Crippen molar-refractivity contribution in [2.45, 2.75) is 39.0 Å². The number of carbonyl (C=O) groups excluding carboxylic acids is 2. The molecule has 29 heavy (non-hydrogen) atoms. The number of rotatable bonds is 9. The van der Waals surface area contributed by atoms with Crippen molar-refractivity contribution in [3.63, 3.8) is 0 Å². The summed E-state index contributed by atoms with van der Waals surface area (Å²) in [5.74, 6) is -3.60. The maximum atomic E-state index is 13.2. The van der Waals surface area contributed by atoms with Gasteiger partial charge in [-0.25, -0.2) is 9.59 Å². The van der Waals surface area contributed by atoms with Crippen LogP contribution in [0.2, 0.25) is 0 Å². The standard InChI is InChI=1S/C17H21F3O8S/c1-4-16(2,3)28-13-9-11(5-6-12(13)17(18,19)20)15(22)27-10-14(21)26-7-8-29(23,24)25/h5-6,9H,4,7-8,10H2,1-3H3,(H,23,24,25). The Kier molecular flexibility index (Phi) is 8.04. The molecule has 1 N–H and O–H groups in total. The van der Waals surface area contributed by atoms with E-state index >= 15 is 0 Å². The van der Waals surface area contributed by atoms with Crippen LogP contribution in [0, 0.1) is 0 Å². The topological polar surface area (TPSA) is 116 Å². The molecule has 0 saturated carbocycles. The summed E-state index contributed by atoms with van der Waals surface area (Å²) in [6, 6.07) is 2.41. The Labute approximate surface area is 165 Å². The predicted molar refractivity (Wildman–Crippen MR) is 94.1 cm³/mol. The lowest BCUT2D eigenvalue weighted by Gasteiger charge is -2.27. The molecule has 0 aliphatic heterocycles.